The number of nitrogens with zero attached hydrogens (tertiary/aromatic N) is 1. The molecular weight excluding hydrogens is 350 g/mol. The van der Waals surface area contributed by atoms with Gasteiger partial charge in [0.15, 0.2) is 11.8 Å². The summed E-state index contributed by atoms with van der Waals surface area (Å²) in [6.07, 6.45) is 3.64. The van der Waals surface area contributed by atoms with E-state index in [4.69, 9.17) is 0 Å². The van der Waals surface area contributed by atoms with Crippen molar-refractivity contribution in [2.45, 2.75) is 71.3 Å². The number of hydrogen-bond acceptors (Lipinski definition) is 0. The zero-order valence-electron chi connectivity index (χ0n) is 18.7. The van der Waals surface area contributed by atoms with Crippen molar-refractivity contribution in [1.29, 1.82) is 0 Å². The predicted molar refractivity (Wildman–Crippen MR) is 126 cm³/mol. The van der Waals surface area contributed by atoms with E-state index in [2.05, 4.69) is 113 Å². The first-order valence-electron chi connectivity index (χ1n) is 11.0. The maximum atomic E-state index is 2.60. The van der Waals surface area contributed by atoms with Crippen LogP contribution in [0.1, 0.15) is 82.4 Å². The third-order valence-electron chi connectivity index (χ3n) is 6.51. The van der Waals surface area contributed by atoms with Gasteiger partial charge in [-0.1, -0.05) is 88.4 Å². The maximum absolute atomic E-state index is 2.60. The first-order valence-corrected chi connectivity index (χ1v) is 11.0. The molecule has 3 aromatic carbocycles. The molecule has 0 saturated heterocycles. The van der Waals surface area contributed by atoms with Crippen LogP contribution in [0.3, 0.4) is 0 Å². The minimum absolute atomic E-state index is 0.0796. The van der Waals surface area contributed by atoms with Crippen LogP contribution in [0.2, 0.25) is 0 Å². The van der Waals surface area contributed by atoms with Crippen LogP contribution in [0.4, 0.5) is 5.69 Å². The molecule has 29 heavy (non-hydrogen) atoms. The van der Waals surface area contributed by atoms with Crippen LogP contribution >= 0.6 is 0 Å². The van der Waals surface area contributed by atoms with Crippen LogP contribution in [-0.4, -0.2) is 16.3 Å². The van der Waals surface area contributed by atoms with E-state index < -0.39 is 0 Å². The van der Waals surface area contributed by atoms with Crippen LogP contribution in [0.25, 0.3) is 10.8 Å². The summed E-state index contributed by atoms with van der Waals surface area (Å²) in [7, 11) is 0. The quantitative estimate of drug-likeness (QED) is 0.404. The van der Waals surface area contributed by atoms with Crippen molar-refractivity contribution < 1.29 is 4.58 Å². The van der Waals surface area contributed by atoms with Gasteiger partial charge in [-0.15, -0.1) is 0 Å². The molecule has 0 radical (unpaired) electrons. The fourth-order valence-corrected chi connectivity index (χ4v) is 5.00. The van der Waals surface area contributed by atoms with Crippen molar-refractivity contribution in [2.75, 3.05) is 0 Å². The van der Waals surface area contributed by atoms with E-state index in [0.717, 1.165) is 6.42 Å². The van der Waals surface area contributed by atoms with E-state index in [1.165, 1.54) is 33.2 Å². The number of rotatable bonds is 4. The molecule has 1 heterocycles. The van der Waals surface area contributed by atoms with Crippen LogP contribution in [-0.2, 0) is 0 Å². The van der Waals surface area contributed by atoms with Gasteiger partial charge in [-0.3, -0.25) is 0 Å². The lowest BCUT2D eigenvalue weighted by molar-refractivity contribution is -0.513. The molecule has 4 rings (SSSR count). The largest absolute Gasteiger partial charge is 0.212 e. The molecule has 0 saturated carbocycles. The molecule has 3 aromatic rings. The van der Waals surface area contributed by atoms with E-state index in [1.54, 1.807) is 0 Å². The molecule has 150 valence electrons. The Morgan fingerprint density at radius 2 is 1.38 bits per heavy atom. The smallest absolute Gasteiger partial charge is 0.197 e. The first kappa shape index (κ1) is 19.9. The number of fused-ring (bicyclic) bond motifs is 1. The van der Waals surface area contributed by atoms with Crippen molar-refractivity contribution in [2.24, 2.45) is 0 Å². The molecule has 0 spiro atoms. The van der Waals surface area contributed by atoms with Crippen molar-refractivity contribution in [3.05, 3.63) is 77.4 Å². The highest BCUT2D eigenvalue weighted by Gasteiger charge is 2.44. The molecule has 0 bridgehead atoms. The Labute approximate surface area is 176 Å². The van der Waals surface area contributed by atoms with E-state index in [0.29, 0.717) is 17.8 Å². The Balaban J connectivity index is 1.91. The zero-order valence-corrected chi connectivity index (χ0v) is 18.7. The monoisotopic (exact) mass is 384 g/mol. The van der Waals surface area contributed by atoms with Crippen molar-refractivity contribution >= 4 is 22.7 Å². The number of hydrogen-bond donors (Lipinski definition) is 0. The number of benzene rings is 3. The minimum atomic E-state index is 0.0796. The van der Waals surface area contributed by atoms with Gasteiger partial charge in [-0.05, 0) is 28.2 Å². The fourth-order valence-electron chi connectivity index (χ4n) is 5.00. The van der Waals surface area contributed by atoms with Crippen LogP contribution in [0, 0.1) is 0 Å². The third kappa shape index (κ3) is 3.52. The van der Waals surface area contributed by atoms with E-state index in [-0.39, 0.29) is 5.54 Å². The molecule has 1 nitrogen and oxygen atoms in total. The van der Waals surface area contributed by atoms with Crippen LogP contribution in [0.5, 0.6) is 0 Å². The molecule has 1 atom stereocenters. The van der Waals surface area contributed by atoms with Gasteiger partial charge in [0.1, 0.15) is 0 Å². The fraction of sp³-hybridized carbons (Fsp3) is 0.393. The highest BCUT2D eigenvalue weighted by atomic mass is 15.1. The van der Waals surface area contributed by atoms with Gasteiger partial charge in [0.05, 0.1) is 5.92 Å². The molecule has 1 aliphatic rings. The second-order valence-corrected chi connectivity index (χ2v) is 9.80. The Morgan fingerprint density at radius 1 is 0.793 bits per heavy atom. The molecule has 0 amide bonds. The Bertz CT molecular complexity index is 1040. The van der Waals surface area contributed by atoms with E-state index in [9.17, 15) is 0 Å². The zero-order chi connectivity index (χ0) is 20.8. The molecule has 1 unspecified atom stereocenters. The summed E-state index contributed by atoms with van der Waals surface area (Å²) < 4.78 is 2.60. The van der Waals surface area contributed by atoms with Gasteiger partial charge in [0.2, 0.25) is 5.69 Å². The van der Waals surface area contributed by atoms with E-state index in [1.807, 2.05) is 0 Å². The number of para-hydroxylation sites is 1. The van der Waals surface area contributed by atoms with E-state index >= 15 is 0 Å². The normalized spacial score (nSPS) is 18.6. The van der Waals surface area contributed by atoms with Crippen molar-refractivity contribution in [1.82, 2.24) is 0 Å². The SMILES string of the molecule is CC(C)c1cccc(C(C)C)c1[N+]1=CC(c2cccc3ccccc23)CC1(C)C. The molecule has 1 aliphatic heterocycles. The second-order valence-electron chi connectivity index (χ2n) is 9.80. The van der Waals surface area contributed by atoms with Crippen molar-refractivity contribution in [3.63, 3.8) is 0 Å². The molecule has 0 aromatic heterocycles. The topological polar surface area (TPSA) is 3.01 Å². The molecule has 1 heteroatoms. The summed E-state index contributed by atoms with van der Waals surface area (Å²) in [5, 5.41) is 2.72. The Kier molecular flexibility index (Phi) is 5.11. The second kappa shape index (κ2) is 7.44. The summed E-state index contributed by atoms with van der Waals surface area (Å²) in [5.74, 6) is 1.44. The average Bonchev–Trinajstić information content (AvgIpc) is 3.01. The van der Waals surface area contributed by atoms with Gasteiger partial charge in [0, 0.05) is 31.4 Å². The molecule has 0 aliphatic carbocycles. The third-order valence-corrected chi connectivity index (χ3v) is 6.51. The molecular formula is C28H34N+. The summed E-state index contributed by atoms with van der Waals surface area (Å²) in [6, 6.07) is 22.4. The maximum Gasteiger partial charge on any atom is 0.212 e. The Morgan fingerprint density at radius 3 is 2.03 bits per heavy atom. The van der Waals surface area contributed by atoms with Crippen LogP contribution in [0.15, 0.2) is 60.7 Å². The van der Waals surface area contributed by atoms with Gasteiger partial charge >= 0.3 is 0 Å². The summed E-state index contributed by atoms with van der Waals surface area (Å²) in [5.41, 5.74) is 5.88. The van der Waals surface area contributed by atoms with Crippen molar-refractivity contribution in [3.8, 4) is 0 Å². The van der Waals surface area contributed by atoms with Gasteiger partial charge in [0.25, 0.3) is 0 Å². The predicted octanol–water partition coefficient (Wildman–Crippen LogP) is 7.77. The first-order chi connectivity index (χ1) is 13.8. The highest BCUT2D eigenvalue weighted by molar-refractivity contribution is 5.89. The lowest BCUT2D eigenvalue weighted by Crippen LogP contribution is -2.30. The minimum Gasteiger partial charge on any atom is -0.197 e. The lowest BCUT2D eigenvalue weighted by atomic mass is 9.87. The summed E-state index contributed by atoms with van der Waals surface area (Å²) >= 11 is 0. The standard InChI is InChI=1S/C28H34N/c1-19(2)23-14-10-15-24(20(3)4)27(23)29-18-22(17-28(29,5)6)26-16-9-12-21-11-7-8-13-25(21)26/h7-16,18-20,22H,17H2,1-6H3/q+1. The Hall–Kier alpha value is -2.41. The van der Waals surface area contributed by atoms with Crippen LogP contribution < -0.4 is 0 Å². The molecule has 0 fully saturated rings. The van der Waals surface area contributed by atoms with Gasteiger partial charge < -0.3 is 0 Å². The highest BCUT2D eigenvalue weighted by Crippen LogP contribution is 2.44. The molecule has 0 N–H and O–H groups in total. The lowest BCUT2D eigenvalue weighted by Gasteiger charge is -2.23. The summed E-state index contributed by atoms with van der Waals surface area (Å²) in [4.78, 5) is 0. The van der Waals surface area contributed by atoms with Gasteiger partial charge in [-0.25, -0.2) is 0 Å². The average molecular weight is 385 g/mol. The summed E-state index contributed by atoms with van der Waals surface area (Å²) in [6.45, 7) is 14.1. The van der Waals surface area contributed by atoms with Gasteiger partial charge in [-0.2, -0.15) is 4.58 Å².